The molecular formula is C17H25BrN2. The summed E-state index contributed by atoms with van der Waals surface area (Å²) in [4.78, 5) is 4.61. The Morgan fingerprint density at radius 1 is 1.25 bits per heavy atom. The first-order chi connectivity index (χ1) is 9.81. The van der Waals surface area contributed by atoms with Crippen LogP contribution in [0.4, 0.5) is 0 Å². The molecule has 2 rings (SSSR count). The maximum Gasteiger partial charge on any atom is 0.0710 e. The fraction of sp³-hybridized carbons (Fsp3) is 0.588. The van der Waals surface area contributed by atoms with E-state index in [4.69, 9.17) is 0 Å². The summed E-state index contributed by atoms with van der Waals surface area (Å²) in [5.74, 6) is 0. The Bertz CT molecular complexity index is 425. The Kier molecular flexibility index (Phi) is 6.74. The molecule has 0 saturated carbocycles. The number of hydrogen-bond acceptors (Lipinski definition) is 2. The van der Waals surface area contributed by atoms with Crippen molar-refractivity contribution in [1.82, 2.24) is 10.3 Å². The van der Waals surface area contributed by atoms with Gasteiger partial charge in [-0.05, 0) is 66.7 Å². The first-order valence-electron chi connectivity index (χ1n) is 7.85. The van der Waals surface area contributed by atoms with Gasteiger partial charge in [0.15, 0.2) is 0 Å². The Morgan fingerprint density at radius 2 is 2.10 bits per heavy atom. The van der Waals surface area contributed by atoms with Crippen LogP contribution < -0.4 is 5.32 Å². The molecule has 1 unspecified atom stereocenters. The van der Waals surface area contributed by atoms with Gasteiger partial charge in [-0.2, -0.15) is 0 Å². The van der Waals surface area contributed by atoms with Crippen molar-refractivity contribution in [2.75, 3.05) is 6.54 Å². The average molecular weight is 337 g/mol. The van der Waals surface area contributed by atoms with E-state index in [0.29, 0.717) is 6.04 Å². The third-order valence-corrected chi connectivity index (χ3v) is 4.31. The Labute approximate surface area is 131 Å². The molecule has 0 fully saturated rings. The van der Waals surface area contributed by atoms with Crippen molar-refractivity contribution < 1.29 is 0 Å². The fourth-order valence-corrected chi connectivity index (χ4v) is 2.99. The number of rotatable bonds is 5. The zero-order valence-corrected chi connectivity index (χ0v) is 14.0. The number of aromatic nitrogens is 1. The van der Waals surface area contributed by atoms with Crippen LogP contribution in [0.15, 0.2) is 34.5 Å². The second-order valence-electron chi connectivity index (χ2n) is 5.52. The van der Waals surface area contributed by atoms with E-state index in [1.54, 1.807) is 0 Å². The van der Waals surface area contributed by atoms with Gasteiger partial charge in [-0.25, -0.2) is 0 Å². The minimum atomic E-state index is 0.293. The number of allylic oxidation sites excluding steroid dienone is 1. The van der Waals surface area contributed by atoms with Crippen LogP contribution in [0.1, 0.15) is 63.6 Å². The highest BCUT2D eigenvalue weighted by Crippen LogP contribution is 2.28. The highest BCUT2D eigenvalue weighted by Gasteiger charge is 2.17. The molecule has 3 heteroatoms. The van der Waals surface area contributed by atoms with Gasteiger partial charge in [0.25, 0.3) is 0 Å². The summed E-state index contributed by atoms with van der Waals surface area (Å²) in [7, 11) is 0. The number of halogens is 1. The Morgan fingerprint density at radius 3 is 2.85 bits per heavy atom. The van der Waals surface area contributed by atoms with E-state index in [-0.39, 0.29) is 0 Å². The highest BCUT2D eigenvalue weighted by molar-refractivity contribution is 9.10. The summed E-state index contributed by atoms with van der Waals surface area (Å²) in [6, 6.07) is 4.52. The number of nitrogens with one attached hydrogen (secondary N) is 1. The Hall–Kier alpha value is -0.670. The van der Waals surface area contributed by atoms with Crippen molar-refractivity contribution in [2.24, 2.45) is 0 Å². The van der Waals surface area contributed by atoms with Gasteiger partial charge >= 0.3 is 0 Å². The second-order valence-corrected chi connectivity index (χ2v) is 6.44. The molecule has 0 spiro atoms. The van der Waals surface area contributed by atoms with E-state index < -0.39 is 0 Å². The molecule has 1 aliphatic carbocycles. The van der Waals surface area contributed by atoms with Crippen LogP contribution in [0.2, 0.25) is 0 Å². The maximum atomic E-state index is 4.61. The summed E-state index contributed by atoms with van der Waals surface area (Å²) in [5, 5.41) is 3.68. The lowest BCUT2D eigenvalue weighted by Gasteiger charge is -2.23. The monoisotopic (exact) mass is 336 g/mol. The molecule has 1 atom stereocenters. The largest absolute Gasteiger partial charge is 0.305 e. The van der Waals surface area contributed by atoms with Gasteiger partial charge in [0.1, 0.15) is 0 Å². The summed E-state index contributed by atoms with van der Waals surface area (Å²) < 4.78 is 1.04. The van der Waals surface area contributed by atoms with E-state index in [1.165, 1.54) is 44.1 Å². The molecule has 0 bridgehead atoms. The van der Waals surface area contributed by atoms with Crippen LogP contribution in [0.25, 0.3) is 0 Å². The SMILES string of the molecule is CCCNC(/C1=C/CCCCCC1)c1ccc(Br)cn1. The Balaban J connectivity index is 2.18. The minimum Gasteiger partial charge on any atom is -0.305 e. The van der Waals surface area contributed by atoms with Crippen LogP contribution in [0, 0.1) is 0 Å². The predicted molar refractivity (Wildman–Crippen MR) is 88.8 cm³/mol. The van der Waals surface area contributed by atoms with Crippen molar-refractivity contribution in [3.05, 3.63) is 40.1 Å². The molecule has 2 nitrogen and oxygen atoms in total. The molecule has 0 aromatic carbocycles. The van der Waals surface area contributed by atoms with Crippen LogP contribution in [0.3, 0.4) is 0 Å². The highest BCUT2D eigenvalue weighted by atomic mass is 79.9. The van der Waals surface area contributed by atoms with Crippen molar-refractivity contribution in [3.8, 4) is 0 Å². The molecule has 0 aliphatic heterocycles. The minimum absolute atomic E-state index is 0.293. The molecule has 1 aliphatic rings. The van der Waals surface area contributed by atoms with Crippen LogP contribution in [0.5, 0.6) is 0 Å². The van der Waals surface area contributed by atoms with Gasteiger partial charge in [0.2, 0.25) is 0 Å². The lowest BCUT2D eigenvalue weighted by atomic mass is 9.93. The molecule has 1 N–H and O–H groups in total. The molecule has 1 heterocycles. The lowest BCUT2D eigenvalue weighted by molar-refractivity contribution is 0.532. The average Bonchev–Trinajstić information content (AvgIpc) is 2.42. The number of pyridine rings is 1. The van der Waals surface area contributed by atoms with Gasteiger partial charge < -0.3 is 5.32 Å². The zero-order valence-electron chi connectivity index (χ0n) is 12.4. The fourth-order valence-electron chi connectivity index (χ4n) is 2.75. The van der Waals surface area contributed by atoms with Crippen LogP contribution >= 0.6 is 15.9 Å². The molecule has 0 amide bonds. The van der Waals surface area contributed by atoms with Gasteiger partial charge in [-0.3, -0.25) is 4.98 Å². The van der Waals surface area contributed by atoms with Gasteiger partial charge in [0, 0.05) is 10.7 Å². The summed E-state index contributed by atoms with van der Waals surface area (Å²) in [5.41, 5.74) is 2.68. The van der Waals surface area contributed by atoms with E-state index in [0.717, 1.165) is 23.1 Å². The third-order valence-electron chi connectivity index (χ3n) is 3.84. The molecule has 20 heavy (non-hydrogen) atoms. The molecule has 0 radical (unpaired) electrons. The van der Waals surface area contributed by atoms with Crippen molar-refractivity contribution >= 4 is 15.9 Å². The van der Waals surface area contributed by atoms with Gasteiger partial charge in [-0.15, -0.1) is 0 Å². The smallest absolute Gasteiger partial charge is 0.0710 e. The molecule has 0 saturated heterocycles. The molecular weight excluding hydrogens is 312 g/mol. The standard InChI is InChI=1S/C17H25BrN2/c1-2-12-19-17(16-11-10-15(18)13-20-16)14-8-6-4-3-5-7-9-14/h8,10-11,13,17,19H,2-7,9,12H2,1H3/b14-8+. The van der Waals surface area contributed by atoms with E-state index >= 15 is 0 Å². The maximum absolute atomic E-state index is 4.61. The van der Waals surface area contributed by atoms with Crippen molar-refractivity contribution in [1.29, 1.82) is 0 Å². The van der Waals surface area contributed by atoms with Gasteiger partial charge in [-0.1, -0.05) is 31.4 Å². The molecule has 1 aromatic heterocycles. The summed E-state index contributed by atoms with van der Waals surface area (Å²) in [6.07, 6.45) is 13.3. The topological polar surface area (TPSA) is 24.9 Å². The number of hydrogen-bond donors (Lipinski definition) is 1. The van der Waals surface area contributed by atoms with Crippen molar-refractivity contribution in [3.63, 3.8) is 0 Å². The summed E-state index contributed by atoms with van der Waals surface area (Å²) in [6.45, 7) is 3.26. The van der Waals surface area contributed by atoms with E-state index in [9.17, 15) is 0 Å². The van der Waals surface area contributed by atoms with E-state index in [1.807, 2.05) is 6.20 Å². The lowest BCUT2D eigenvalue weighted by Crippen LogP contribution is -2.25. The molecule has 1 aromatic rings. The quantitative estimate of drug-likeness (QED) is 0.750. The normalized spacial score (nSPS) is 20.6. The number of nitrogens with zero attached hydrogens (tertiary/aromatic N) is 1. The van der Waals surface area contributed by atoms with Gasteiger partial charge in [0.05, 0.1) is 11.7 Å². The van der Waals surface area contributed by atoms with E-state index in [2.05, 4.69) is 51.4 Å². The second kappa shape index (κ2) is 8.58. The van der Waals surface area contributed by atoms with Crippen LogP contribution in [-0.2, 0) is 0 Å². The first kappa shape index (κ1) is 15.7. The predicted octanol–water partition coefficient (Wildman–Crippen LogP) is 5.17. The molecule has 110 valence electrons. The summed E-state index contributed by atoms with van der Waals surface area (Å²) >= 11 is 3.47. The van der Waals surface area contributed by atoms with Crippen LogP contribution in [-0.4, -0.2) is 11.5 Å². The third kappa shape index (κ3) is 4.71. The first-order valence-corrected chi connectivity index (χ1v) is 8.64. The van der Waals surface area contributed by atoms with Crippen molar-refractivity contribution in [2.45, 2.75) is 57.9 Å². The zero-order chi connectivity index (χ0) is 14.2.